The number of methoxy groups -OCH3 is 1. The maximum Gasteiger partial charge on any atom is 0.354 e. The zero-order valence-corrected chi connectivity index (χ0v) is 13.2. The minimum atomic E-state index is -1.07. The van der Waals surface area contributed by atoms with E-state index in [2.05, 4.69) is 4.98 Å². The Balaban J connectivity index is 1.98. The average Bonchev–Trinajstić information content (AvgIpc) is 2.57. The number of carboxylic acids is 1. The number of nitrogens with zero attached hydrogens (tertiary/aromatic N) is 2. The molecule has 0 amide bonds. The lowest BCUT2D eigenvalue weighted by Gasteiger charge is -2.37. The standard InChI is InChI=1S/C17H16F2N2O3/c1-9-12-8-20-14(17(22)23)5-10(12)3-4-21(9)11-6-13(18)16(19)15(7-11)24-2/h5-9H,3-4H2,1-2H3,(H,22,23)/t9-/m0/s1. The van der Waals surface area contributed by atoms with Gasteiger partial charge in [-0.05, 0) is 30.5 Å². The summed E-state index contributed by atoms with van der Waals surface area (Å²) in [6.45, 7) is 2.46. The summed E-state index contributed by atoms with van der Waals surface area (Å²) >= 11 is 0. The number of halogens is 2. The van der Waals surface area contributed by atoms with Crippen molar-refractivity contribution in [1.82, 2.24) is 4.98 Å². The fraction of sp³-hybridized carbons (Fsp3) is 0.294. The van der Waals surface area contributed by atoms with Crippen molar-refractivity contribution in [2.24, 2.45) is 0 Å². The van der Waals surface area contributed by atoms with Gasteiger partial charge in [-0.15, -0.1) is 0 Å². The zero-order chi connectivity index (χ0) is 17.4. The second-order valence-electron chi connectivity index (χ2n) is 5.64. The second-order valence-corrected chi connectivity index (χ2v) is 5.64. The summed E-state index contributed by atoms with van der Waals surface area (Å²) in [5, 5.41) is 9.03. The van der Waals surface area contributed by atoms with E-state index in [1.165, 1.54) is 19.4 Å². The molecule has 1 aliphatic rings. The lowest BCUT2D eigenvalue weighted by atomic mass is 9.94. The van der Waals surface area contributed by atoms with Gasteiger partial charge in [0.15, 0.2) is 11.6 Å². The van der Waals surface area contributed by atoms with Gasteiger partial charge < -0.3 is 14.7 Å². The highest BCUT2D eigenvalue weighted by Gasteiger charge is 2.27. The van der Waals surface area contributed by atoms with E-state index >= 15 is 0 Å². The maximum atomic E-state index is 13.8. The Bertz CT molecular complexity index is 811. The van der Waals surface area contributed by atoms with Crippen LogP contribution in [0.4, 0.5) is 14.5 Å². The predicted molar refractivity (Wildman–Crippen MR) is 83.6 cm³/mol. The summed E-state index contributed by atoms with van der Waals surface area (Å²) in [4.78, 5) is 16.9. The molecule has 0 saturated carbocycles. The first kappa shape index (κ1) is 16.2. The van der Waals surface area contributed by atoms with E-state index in [4.69, 9.17) is 9.84 Å². The van der Waals surface area contributed by atoms with Gasteiger partial charge in [-0.3, -0.25) is 0 Å². The van der Waals surface area contributed by atoms with Gasteiger partial charge in [0.1, 0.15) is 5.69 Å². The topological polar surface area (TPSA) is 62.7 Å². The summed E-state index contributed by atoms with van der Waals surface area (Å²) in [6.07, 6.45) is 2.12. The van der Waals surface area contributed by atoms with E-state index in [0.29, 0.717) is 18.7 Å². The number of aromatic nitrogens is 1. The molecule has 0 bridgehead atoms. The molecule has 2 aromatic rings. The molecule has 7 heteroatoms. The molecular formula is C17H16F2N2O3. The molecule has 1 N–H and O–H groups in total. The number of carbonyl (C=O) groups is 1. The van der Waals surface area contributed by atoms with Gasteiger partial charge in [0.2, 0.25) is 5.82 Å². The molecular weight excluding hydrogens is 318 g/mol. The van der Waals surface area contributed by atoms with E-state index in [9.17, 15) is 13.6 Å². The van der Waals surface area contributed by atoms with Crippen LogP contribution < -0.4 is 9.64 Å². The van der Waals surface area contributed by atoms with Crippen LogP contribution in [0.2, 0.25) is 0 Å². The number of rotatable bonds is 3. The van der Waals surface area contributed by atoms with Crippen LogP contribution in [0.25, 0.3) is 0 Å². The van der Waals surface area contributed by atoms with Crippen LogP contribution >= 0.6 is 0 Å². The molecule has 0 fully saturated rings. The van der Waals surface area contributed by atoms with Gasteiger partial charge in [0.25, 0.3) is 0 Å². The van der Waals surface area contributed by atoms with Crippen molar-refractivity contribution in [2.45, 2.75) is 19.4 Å². The van der Waals surface area contributed by atoms with Crippen LogP contribution in [-0.2, 0) is 6.42 Å². The molecule has 1 aliphatic heterocycles. The van der Waals surface area contributed by atoms with Crippen LogP contribution in [0.15, 0.2) is 24.4 Å². The highest BCUT2D eigenvalue weighted by atomic mass is 19.2. The maximum absolute atomic E-state index is 13.8. The first-order chi connectivity index (χ1) is 11.4. The second kappa shape index (κ2) is 6.07. The van der Waals surface area contributed by atoms with Gasteiger partial charge in [-0.1, -0.05) is 0 Å². The van der Waals surface area contributed by atoms with Gasteiger partial charge in [-0.25, -0.2) is 14.2 Å². The Hall–Kier alpha value is -2.70. The number of hydrogen-bond donors (Lipinski definition) is 1. The van der Waals surface area contributed by atoms with Crippen molar-refractivity contribution < 1.29 is 23.4 Å². The number of anilines is 1. The minimum absolute atomic E-state index is 0.00361. The molecule has 1 atom stereocenters. The first-order valence-electron chi connectivity index (χ1n) is 7.44. The molecule has 1 aromatic heterocycles. The molecule has 0 saturated heterocycles. The number of carboxylic acid groups (broad SMARTS) is 1. The first-order valence-corrected chi connectivity index (χ1v) is 7.44. The lowest BCUT2D eigenvalue weighted by molar-refractivity contribution is 0.0690. The van der Waals surface area contributed by atoms with Crippen LogP contribution in [-0.4, -0.2) is 29.7 Å². The lowest BCUT2D eigenvalue weighted by Crippen LogP contribution is -2.34. The molecule has 1 aromatic carbocycles. The van der Waals surface area contributed by atoms with Gasteiger partial charge in [0.05, 0.1) is 13.2 Å². The number of hydrogen-bond acceptors (Lipinski definition) is 4. The molecule has 5 nitrogen and oxygen atoms in total. The summed E-state index contributed by atoms with van der Waals surface area (Å²) in [7, 11) is 1.29. The third-order valence-corrected chi connectivity index (χ3v) is 4.31. The fourth-order valence-electron chi connectivity index (χ4n) is 3.04. The van der Waals surface area contributed by atoms with E-state index in [0.717, 1.165) is 17.2 Å². The van der Waals surface area contributed by atoms with E-state index < -0.39 is 17.6 Å². The average molecular weight is 334 g/mol. The molecule has 0 spiro atoms. The van der Waals surface area contributed by atoms with Gasteiger partial charge >= 0.3 is 5.97 Å². The quantitative estimate of drug-likeness (QED) is 0.934. The molecule has 3 rings (SSSR count). The zero-order valence-electron chi connectivity index (χ0n) is 13.2. The summed E-state index contributed by atoms with van der Waals surface area (Å²) in [6, 6.07) is 4.01. The van der Waals surface area contributed by atoms with Crippen molar-refractivity contribution in [2.75, 3.05) is 18.6 Å². The number of aromatic carboxylic acids is 1. The van der Waals surface area contributed by atoms with Crippen LogP contribution in [0.1, 0.15) is 34.6 Å². The molecule has 2 heterocycles. The number of ether oxygens (including phenoxy) is 1. The molecule has 0 aliphatic carbocycles. The summed E-state index contributed by atoms with van der Waals surface area (Å²) in [5.41, 5.74) is 2.28. The largest absolute Gasteiger partial charge is 0.493 e. The Morgan fingerprint density at radius 1 is 1.38 bits per heavy atom. The Labute approximate surface area is 137 Å². The monoisotopic (exact) mass is 334 g/mol. The Kier molecular flexibility index (Phi) is 4.09. The van der Waals surface area contributed by atoms with E-state index in [1.807, 2.05) is 11.8 Å². The highest BCUT2D eigenvalue weighted by Crippen LogP contribution is 2.36. The third kappa shape index (κ3) is 2.66. The van der Waals surface area contributed by atoms with E-state index in [1.54, 1.807) is 6.07 Å². The van der Waals surface area contributed by atoms with Crippen molar-refractivity contribution in [1.29, 1.82) is 0 Å². The van der Waals surface area contributed by atoms with Crippen molar-refractivity contribution in [3.8, 4) is 5.75 Å². The van der Waals surface area contributed by atoms with Crippen LogP contribution in [0.5, 0.6) is 5.75 Å². The number of pyridine rings is 1. The minimum Gasteiger partial charge on any atom is -0.493 e. The normalized spacial score (nSPS) is 16.7. The van der Waals surface area contributed by atoms with Crippen molar-refractivity contribution >= 4 is 11.7 Å². The molecule has 0 unspecified atom stereocenters. The molecule has 24 heavy (non-hydrogen) atoms. The van der Waals surface area contributed by atoms with Crippen LogP contribution in [0.3, 0.4) is 0 Å². The fourth-order valence-corrected chi connectivity index (χ4v) is 3.04. The van der Waals surface area contributed by atoms with Crippen LogP contribution in [0, 0.1) is 11.6 Å². The summed E-state index contributed by atoms with van der Waals surface area (Å²) < 4.78 is 32.3. The van der Waals surface area contributed by atoms with Crippen molar-refractivity contribution in [3.63, 3.8) is 0 Å². The smallest absolute Gasteiger partial charge is 0.354 e. The van der Waals surface area contributed by atoms with Gasteiger partial charge in [-0.2, -0.15) is 4.39 Å². The Morgan fingerprint density at radius 3 is 2.79 bits per heavy atom. The van der Waals surface area contributed by atoms with E-state index in [-0.39, 0.29) is 17.5 Å². The van der Waals surface area contributed by atoms with Crippen molar-refractivity contribution in [3.05, 3.63) is 52.9 Å². The molecule has 0 radical (unpaired) electrons. The SMILES string of the molecule is COc1cc(N2CCc3cc(C(=O)O)ncc3[C@@H]2C)cc(F)c1F. The molecule has 126 valence electrons. The number of fused-ring (bicyclic) bond motifs is 1. The summed E-state index contributed by atoms with van der Waals surface area (Å²) in [5.74, 6) is -3.21. The highest BCUT2D eigenvalue weighted by molar-refractivity contribution is 5.85. The number of benzene rings is 1. The Morgan fingerprint density at radius 2 is 2.12 bits per heavy atom. The third-order valence-electron chi connectivity index (χ3n) is 4.31. The van der Waals surface area contributed by atoms with Gasteiger partial charge in [0, 0.05) is 30.6 Å². The predicted octanol–water partition coefficient (Wildman–Crippen LogP) is 3.19.